The van der Waals surface area contributed by atoms with Crippen LogP contribution in [0.25, 0.3) is 0 Å². The van der Waals surface area contributed by atoms with E-state index >= 15 is 0 Å². The average Bonchev–Trinajstić information content (AvgIpc) is 2.61. The maximum Gasteiger partial charge on any atom is 0.258 e. The highest BCUT2D eigenvalue weighted by atomic mass is 127. The second kappa shape index (κ2) is 9.33. The smallest absolute Gasteiger partial charge is 0.258 e. The normalized spacial score (nSPS) is 9.84. The summed E-state index contributed by atoms with van der Waals surface area (Å²) in [6, 6.07) is 14.3. The first-order valence-electron chi connectivity index (χ1n) is 7.27. The van der Waals surface area contributed by atoms with Crippen LogP contribution in [0.2, 0.25) is 0 Å². The lowest BCUT2D eigenvalue weighted by molar-refractivity contribution is -0.121. The van der Waals surface area contributed by atoms with Crippen LogP contribution in [-0.4, -0.2) is 24.0 Å². The highest BCUT2D eigenvalue weighted by molar-refractivity contribution is 14.1. The average molecular weight is 469 g/mol. The fourth-order valence-electron chi connectivity index (χ4n) is 1.95. The minimum atomic E-state index is -0.341. The zero-order valence-electron chi connectivity index (χ0n) is 13.3. The lowest BCUT2D eigenvalue weighted by Crippen LogP contribution is -2.49. The lowest BCUT2D eigenvalue weighted by Gasteiger charge is -2.11. The summed E-state index contributed by atoms with van der Waals surface area (Å²) < 4.78 is 5.87. The van der Waals surface area contributed by atoms with Crippen LogP contribution in [0, 0.1) is 3.57 Å². The molecule has 0 aliphatic heterocycles. The maximum atomic E-state index is 12.1. The molecule has 2 rings (SSSR count). The van der Waals surface area contributed by atoms with Gasteiger partial charge in [0, 0.05) is 3.57 Å². The van der Waals surface area contributed by atoms with Gasteiger partial charge < -0.3 is 4.74 Å². The number of ether oxygens (including phenoxy) is 1. The van der Waals surface area contributed by atoms with Gasteiger partial charge in [-0.05, 0) is 64.6 Å². The number of rotatable bonds is 4. The van der Waals surface area contributed by atoms with Gasteiger partial charge in [-0.25, -0.2) is 0 Å². The molecule has 0 aromatic heterocycles. The number of nitrogens with one attached hydrogen (secondary N) is 3. The van der Waals surface area contributed by atoms with E-state index in [0.29, 0.717) is 5.56 Å². The van der Waals surface area contributed by atoms with E-state index in [-0.39, 0.29) is 23.3 Å². The van der Waals surface area contributed by atoms with Gasteiger partial charge >= 0.3 is 0 Å². The van der Waals surface area contributed by atoms with Crippen molar-refractivity contribution >= 4 is 51.7 Å². The molecule has 2 amide bonds. The second-order valence-corrected chi connectivity index (χ2v) is 6.53. The molecule has 0 aliphatic carbocycles. The minimum Gasteiger partial charge on any atom is -0.497 e. The Balaban J connectivity index is 1.80. The predicted octanol–water partition coefficient (Wildman–Crippen LogP) is 2.18. The minimum absolute atomic E-state index is 0.0210. The molecule has 0 unspecified atom stereocenters. The fourth-order valence-corrected chi connectivity index (χ4v) is 2.72. The molecule has 0 atom stereocenters. The van der Waals surface area contributed by atoms with Crippen molar-refractivity contribution in [1.29, 1.82) is 0 Å². The Kier molecular flexibility index (Phi) is 7.14. The van der Waals surface area contributed by atoms with Crippen molar-refractivity contribution in [2.45, 2.75) is 6.42 Å². The van der Waals surface area contributed by atoms with E-state index in [1.165, 1.54) is 0 Å². The molecule has 0 fully saturated rings. The Hall–Kier alpha value is -2.20. The zero-order valence-corrected chi connectivity index (χ0v) is 16.3. The first kappa shape index (κ1) is 19.1. The molecule has 2 aromatic carbocycles. The Bertz CT molecular complexity index is 781. The van der Waals surface area contributed by atoms with Gasteiger partial charge in [0.15, 0.2) is 5.11 Å². The molecular formula is C17H16IN3O3S. The molecule has 0 aliphatic rings. The van der Waals surface area contributed by atoms with Crippen LogP contribution < -0.4 is 20.9 Å². The Morgan fingerprint density at radius 3 is 2.40 bits per heavy atom. The van der Waals surface area contributed by atoms with Crippen molar-refractivity contribution in [3.63, 3.8) is 0 Å². The van der Waals surface area contributed by atoms with E-state index in [2.05, 4.69) is 38.8 Å². The number of methoxy groups -OCH3 is 1. The number of hydrazine groups is 1. The molecule has 0 saturated carbocycles. The van der Waals surface area contributed by atoms with Gasteiger partial charge in [0.2, 0.25) is 5.91 Å². The van der Waals surface area contributed by atoms with Crippen molar-refractivity contribution < 1.29 is 14.3 Å². The summed E-state index contributed by atoms with van der Waals surface area (Å²) in [4.78, 5) is 24.0. The molecule has 0 saturated heterocycles. The molecular weight excluding hydrogens is 453 g/mol. The number of carbonyl (C=O) groups is 2. The molecule has 8 heteroatoms. The van der Waals surface area contributed by atoms with Crippen molar-refractivity contribution in [1.82, 2.24) is 16.2 Å². The van der Waals surface area contributed by atoms with E-state index in [1.54, 1.807) is 43.5 Å². The van der Waals surface area contributed by atoms with E-state index in [4.69, 9.17) is 17.0 Å². The third-order valence-electron chi connectivity index (χ3n) is 3.18. The summed E-state index contributed by atoms with van der Waals surface area (Å²) in [5.41, 5.74) is 6.31. The Morgan fingerprint density at radius 1 is 1.08 bits per heavy atom. The number of halogens is 1. The van der Waals surface area contributed by atoms with E-state index in [0.717, 1.165) is 14.9 Å². The van der Waals surface area contributed by atoms with Gasteiger partial charge in [-0.3, -0.25) is 25.8 Å². The zero-order chi connectivity index (χ0) is 18.2. The first-order chi connectivity index (χ1) is 12.0. The lowest BCUT2D eigenvalue weighted by atomic mass is 10.1. The number of thiocarbonyl (C=S) groups is 1. The summed E-state index contributed by atoms with van der Waals surface area (Å²) >= 11 is 7.08. The van der Waals surface area contributed by atoms with Gasteiger partial charge in [-0.2, -0.15) is 0 Å². The third-order valence-corrected chi connectivity index (χ3v) is 4.33. The Labute approximate surface area is 164 Å². The van der Waals surface area contributed by atoms with Gasteiger partial charge in [-0.15, -0.1) is 0 Å². The largest absolute Gasteiger partial charge is 0.497 e. The maximum absolute atomic E-state index is 12.1. The van der Waals surface area contributed by atoms with Gasteiger partial charge in [0.25, 0.3) is 5.91 Å². The molecule has 0 heterocycles. The van der Waals surface area contributed by atoms with Crippen molar-refractivity contribution in [3.8, 4) is 5.75 Å². The van der Waals surface area contributed by atoms with E-state index < -0.39 is 0 Å². The summed E-state index contributed by atoms with van der Waals surface area (Å²) in [7, 11) is 1.58. The molecule has 6 nitrogen and oxygen atoms in total. The summed E-state index contributed by atoms with van der Waals surface area (Å²) in [6.07, 6.45) is 0.171. The van der Waals surface area contributed by atoms with Crippen molar-refractivity contribution in [2.75, 3.05) is 7.11 Å². The monoisotopic (exact) mass is 469 g/mol. The molecule has 2 aromatic rings. The molecule has 3 N–H and O–H groups in total. The molecule has 0 spiro atoms. The highest BCUT2D eigenvalue weighted by Gasteiger charge is 2.11. The quantitative estimate of drug-likeness (QED) is 0.364. The first-order valence-corrected chi connectivity index (χ1v) is 8.76. The van der Waals surface area contributed by atoms with Gasteiger partial charge in [-0.1, -0.05) is 24.3 Å². The fraction of sp³-hybridized carbons (Fsp3) is 0.118. The van der Waals surface area contributed by atoms with Crippen LogP contribution in [-0.2, 0) is 11.2 Å². The van der Waals surface area contributed by atoms with E-state index in [1.807, 2.05) is 12.1 Å². The number of hydrogen-bond donors (Lipinski definition) is 3. The predicted molar refractivity (Wildman–Crippen MR) is 107 cm³/mol. The van der Waals surface area contributed by atoms with Crippen molar-refractivity contribution in [2.24, 2.45) is 0 Å². The SMILES string of the molecule is COc1ccc(CC(=O)NNC(=S)NC(=O)c2ccccc2I)cc1. The number of amides is 2. The summed E-state index contributed by atoms with van der Waals surface area (Å²) in [5.74, 6) is 0.102. The summed E-state index contributed by atoms with van der Waals surface area (Å²) in [5, 5.41) is 2.54. The number of carbonyl (C=O) groups excluding carboxylic acids is 2. The van der Waals surface area contributed by atoms with Crippen LogP contribution >= 0.6 is 34.8 Å². The van der Waals surface area contributed by atoms with Gasteiger partial charge in [0.1, 0.15) is 5.75 Å². The summed E-state index contributed by atoms with van der Waals surface area (Å²) in [6.45, 7) is 0. The molecule has 25 heavy (non-hydrogen) atoms. The molecule has 130 valence electrons. The van der Waals surface area contributed by atoms with Crippen LogP contribution in [0.1, 0.15) is 15.9 Å². The molecule has 0 radical (unpaired) electrons. The van der Waals surface area contributed by atoms with Crippen molar-refractivity contribution in [3.05, 3.63) is 63.2 Å². The van der Waals surface area contributed by atoms with Crippen LogP contribution in [0.3, 0.4) is 0 Å². The topological polar surface area (TPSA) is 79.5 Å². The second-order valence-electron chi connectivity index (χ2n) is 4.96. The third kappa shape index (κ3) is 5.98. The van der Waals surface area contributed by atoms with Crippen LogP contribution in [0.5, 0.6) is 5.75 Å². The number of hydrogen-bond acceptors (Lipinski definition) is 4. The molecule has 0 bridgehead atoms. The van der Waals surface area contributed by atoms with E-state index in [9.17, 15) is 9.59 Å². The van der Waals surface area contributed by atoms with Crippen LogP contribution in [0.15, 0.2) is 48.5 Å². The highest BCUT2D eigenvalue weighted by Crippen LogP contribution is 2.12. The Morgan fingerprint density at radius 2 is 1.76 bits per heavy atom. The standard InChI is InChI=1S/C17H16IN3O3S/c1-24-12-8-6-11(7-9-12)10-15(22)20-21-17(25)19-16(23)13-4-2-3-5-14(13)18/h2-9H,10H2,1H3,(H,20,22)(H2,19,21,23,25). The number of benzene rings is 2. The van der Waals surface area contributed by atoms with Gasteiger partial charge in [0.05, 0.1) is 19.1 Å². The van der Waals surface area contributed by atoms with Crippen LogP contribution in [0.4, 0.5) is 0 Å².